The fraction of sp³-hybridized carbons (Fsp3) is 0.529. The maximum atomic E-state index is 5.42. The average Bonchev–Trinajstić information content (AvgIpc) is 3.13. The van der Waals surface area contributed by atoms with Gasteiger partial charge in [0.05, 0.1) is 6.54 Å². The highest BCUT2D eigenvalue weighted by molar-refractivity contribution is 5.39. The van der Waals surface area contributed by atoms with Gasteiger partial charge < -0.3 is 4.52 Å². The van der Waals surface area contributed by atoms with Crippen LogP contribution in [0.5, 0.6) is 0 Å². The molecule has 1 fully saturated rings. The van der Waals surface area contributed by atoms with E-state index in [9.17, 15) is 0 Å². The van der Waals surface area contributed by atoms with Crippen molar-refractivity contribution in [3.8, 4) is 0 Å². The average molecular weight is 283 g/mol. The second kappa shape index (κ2) is 4.41. The van der Waals surface area contributed by atoms with Crippen molar-refractivity contribution in [3.05, 3.63) is 47.1 Å². The van der Waals surface area contributed by atoms with Crippen LogP contribution < -0.4 is 0 Å². The second-order valence-corrected chi connectivity index (χ2v) is 7.18. The molecule has 2 atom stereocenters. The third kappa shape index (κ3) is 2.01. The van der Waals surface area contributed by atoms with E-state index in [4.69, 9.17) is 4.52 Å². The van der Waals surface area contributed by atoms with Gasteiger partial charge in [0.25, 0.3) is 0 Å². The van der Waals surface area contributed by atoms with Crippen molar-refractivity contribution in [1.29, 1.82) is 0 Å². The summed E-state index contributed by atoms with van der Waals surface area (Å²) in [5.41, 5.74) is 2.90. The number of benzene rings is 1. The van der Waals surface area contributed by atoms with E-state index in [1.54, 1.807) is 0 Å². The molecule has 0 radical (unpaired) electrons. The van der Waals surface area contributed by atoms with E-state index in [1.807, 2.05) is 0 Å². The molecule has 4 heteroatoms. The van der Waals surface area contributed by atoms with Crippen LogP contribution in [0.25, 0.3) is 0 Å². The highest BCUT2D eigenvalue weighted by Gasteiger charge is 2.43. The largest absolute Gasteiger partial charge is 0.339 e. The number of fused-ring (bicyclic) bond motifs is 5. The Kier molecular flexibility index (Phi) is 2.73. The predicted octanol–water partition coefficient (Wildman–Crippen LogP) is 3.76. The van der Waals surface area contributed by atoms with Crippen molar-refractivity contribution >= 4 is 0 Å². The van der Waals surface area contributed by atoms with E-state index in [-0.39, 0.29) is 5.41 Å². The molecule has 0 amide bonds. The molecule has 0 aliphatic carbocycles. The lowest BCUT2D eigenvalue weighted by molar-refractivity contribution is 0.205. The summed E-state index contributed by atoms with van der Waals surface area (Å²) >= 11 is 0. The molecule has 21 heavy (non-hydrogen) atoms. The number of rotatable bonds is 2. The van der Waals surface area contributed by atoms with E-state index < -0.39 is 0 Å². The van der Waals surface area contributed by atoms with Gasteiger partial charge in [0.15, 0.2) is 5.82 Å². The maximum Gasteiger partial charge on any atom is 0.232 e. The van der Waals surface area contributed by atoms with E-state index in [0.717, 1.165) is 18.3 Å². The molecular weight excluding hydrogens is 262 g/mol. The zero-order valence-electron chi connectivity index (χ0n) is 12.8. The Morgan fingerprint density at radius 1 is 1.14 bits per heavy atom. The summed E-state index contributed by atoms with van der Waals surface area (Å²) in [4.78, 5) is 7.11. The summed E-state index contributed by atoms with van der Waals surface area (Å²) in [6.07, 6.45) is 2.48. The second-order valence-electron chi connectivity index (χ2n) is 7.18. The Balaban J connectivity index is 1.59. The highest BCUT2D eigenvalue weighted by Crippen LogP contribution is 2.53. The molecule has 4 rings (SSSR count). The molecule has 0 spiro atoms. The molecule has 1 aromatic carbocycles. The van der Waals surface area contributed by atoms with Crippen molar-refractivity contribution in [2.75, 3.05) is 0 Å². The van der Waals surface area contributed by atoms with Gasteiger partial charge in [-0.05, 0) is 24.0 Å². The molecule has 4 nitrogen and oxygen atoms in total. The molecule has 110 valence electrons. The van der Waals surface area contributed by atoms with Crippen LogP contribution in [0.1, 0.15) is 68.5 Å². The van der Waals surface area contributed by atoms with Crippen LogP contribution in [-0.4, -0.2) is 15.0 Å². The summed E-state index contributed by atoms with van der Waals surface area (Å²) in [5, 5.41) is 4.18. The van der Waals surface area contributed by atoms with Crippen LogP contribution in [0.3, 0.4) is 0 Å². The SMILES string of the molecule is CC(C)(C)c1nc(CN2[C@H]3CC[C@H]2c2ccccc23)no1. The zero-order chi connectivity index (χ0) is 14.6. The standard InChI is InChI=1S/C17H21N3O/c1-17(2,3)16-18-15(19-21-16)10-20-13-8-9-14(20)12-7-5-4-6-11(12)13/h4-7,13-14H,8-10H2,1-3H3/t13-,14-/m0/s1. The first-order valence-electron chi connectivity index (χ1n) is 7.71. The van der Waals surface area contributed by atoms with E-state index in [0.29, 0.717) is 12.1 Å². The van der Waals surface area contributed by atoms with E-state index >= 15 is 0 Å². The molecule has 2 aliphatic heterocycles. The Labute approximate surface area is 125 Å². The molecule has 1 saturated heterocycles. The van der Waals surface area contributed by atoms with Gasteiger partial charge in [-0.2, -0.15) is 4.98 Å². The third-order valence-electron chi connectivity index (χ3n) is 4.66. The summed E-state index contributed by atoms with van der Waals surface area (Å²) in [7, 11) is 0. The van der Waals surface area contributed by atoms with Crippen LogP contribution in [0.2, 0.25) is 0 Å². The van der Waals surface area contributed by atoms with Gasteiger partial charge in [-0.25, -0.2) is 0 Å². The number of hydrogen-bond donors (Lipinski definition) is 0. The third-order valence-corrected chi connectivity index (χ3v) is 4.66. The monoisotopic (exact) mass is 283 g/mol. The molecular formula is C17H21N3O. The lowest BCUT2D eigenvalue weighted by atomic mass is 9.92. The Hall–Kier alpha value is -1.68. The van der Waals surface area contributed by atoms with Crippen LogP contribution >= 0.6 is 0 Å². The minimum Gasteiger partial charge on any atom is -0.339 e. The molecule has 0 saturated carbocycles. The first-order chi connectivity index (χ1) is 10.0. The Bertz CT molecular complexity index is 640. The number of hydrogen-bond acceptors (Lipinski definition) is 4. The van der Waals surface area contributed by atoms with Gasteiger partial charge in [0.1, 0.15) is 0 Å². The molecule has 2 aromatic rings. The normalized spacial score (nSPS) is 24.5. The van der Waals surface area contributed by atoms with Crippen molar-refractivity contribution in [3.63, 3.8) is 0 Å². The Morgan fingerprint density at radius 2 is 1.76 bits per heavy atom. The fourth-order valence-electron chi connectivity index (χ4n) is 3.66. The highest BCUT2D eigenvalue weighted by atomic mass is 16.5. The molecule has 0 N–H and O–H groups in total. The molecule has 2 bridgehead atoms. The molecule has 0 unspecified atom stereocenters. The summed E-state index contributed by atoms with van der Waals surface area (Å²) in [5.74, 6) is 1.53. The quantitative estimate of drug-likeness (QED) is 0.841. The molecule has 3 heterocycles. The van der Waals surface area contributed by atoms with Crippen molar-refractivity contribution in [2.24, 2.45) is 0 Å². The smallest absolute Gasteiger partial charge is 0.232 e. The van der Waals surface area contributed by atoms with Gasteiger partial charge >= 0.3 is 0 Å². The van der Waals surface area contributed by atoms with Crippen LogP contribution in [0, 0.1) is 0 Å². The fourth-order valence-corrected chi connectivity index (χ4v) is 3.66. The van der Waals surface area contributed by atoms with Gasteiger partial charge in [-0.3, -0.25) is 4.90 Å². The minimum atomic E-state index is -0.0851. The first-order valence-corrected chi connectivity index (χ1v) is 7.71. The lowest BCUT2D eigenvalue weighted by Gasteiger charge is -2.19. The number of aromatic nitrogens is 2. The maximum absolute atomic E-state index is 5.42. The molecule has 2 aliphatic rings. The van der Waals surface area contributed by atoms with E-state index in [2.05, 4.69) is 60.1 Å². The lowest BCUT2D eigenvalue weighted by Crippen LogP contribution is -2.20. The number of nitrogens with zero attached hydrogens (tertiary/aromatic N) is 3. The van der Waals surface area contributed by atoms with Gasteiger partial charge in [0.2, 0.25) is 5.89 Å². The van der Waals surface area contributed by atoms with Crippen molar-refractivity contribution < 1.29 is 4.52 Å². The summed E-state index contributed by atoms with van der Waals surface area (Å²) < 4.78 is 5.42. The predicted molar refractivity (Wildman–Crippen MR) is 79.7 cm³/mol. The van der Waals surface area contributed by atoms with Gasteiger partial charge in [0, 0.05) is 17.5 Å². The van der Waals surface area contributed by atoms with Crippen LogP contribution in [0.15, 0.2) is 28.8 Å². The summed E-state index contributed by atoms with van der Waals surface area (Å²) in [6.45, 7) is 7.07. The van der Waals surface area contributed by atoms with Crippen molar-refractivity contribution in [1.82, 2.24) is 15.0 Å². The minimum absolute atomic E-state index is 0.0851. The summed E-state index contributed by atoms with van der Waals surface area (Å²) in [6, 6.07) is 9.88. The Morgan fingerprint density at radius 3 is 2.29 bits per heavy atom. The van der Waals surface area contributed by atoms with E-state index in [1.165, 1.54) is 24.0 Å². The topological polar surface area (TPSA) is 42.2 Å². The molecule has 1 aromatic heterocycles. The van der Waals surface area contributed by atoms with Crippen LogP contribution in [-0.2, 0) is 12.0 Å². The zero-order valence-corrected chi connectivity index (χ0v) is 12.8. The first kappa shape index (κ1) is 13.0. The van der Waals surface area contributed by atoms with Gasteiger partial charge in [-0.1, -0.05) is 50.2 Å². The van der Waals surface area contributed by atoms with Crippen molar-refractivity contribution in [2.45, 2.75) is 57.7 Å². The van der Waals surface area contributed by atoms with Gasteiger partial charge in [-0.15, -0.1) is 0 Å². The van der Waals surface area contributed by atoms with Crippen LogP contribution in [0.4, 0.5) is 0 Å².